The van der Waals surface area contributed by atoms with Crippen LogP contribution < -0.4 is 5.73 Å². The quantitative estimate of drug-likeness (QED) is 0.638. The minimum absolute atomic E-state index is 0.820. The van der Waals surface area contributed by atoms with Gasteiger partial charge in [-0.3, -0.25) is 0 Å². The summed E-state index contributed by atoms with van der Waals surface area (Å²) in [6.07, 6.45) is 0. The zero-order valence-corrected chi connectivity index (χ0v) is 11.4. The van der Waals surface area contributed by atoms with Gasteiger partial charge in [-0.25, -0.2) is 0 Å². The van der Waals surface area contributed by atoms with Gasteiger partial charge in [0.05, 0.1) is 0 Å². The van der Waals surface area contributed by atoms with Gasteiger partial charge in [-0.1, -0.05) is 0 Å². The normalized spacial score (nSPS) is 13.3. The fraction of sp³-hybridized carbons (Fsp3) is 0.400. The molecule has 2 N–H and O–H groups in total. The van der Waals surface area contributed by atoms with Crippen molar-refractivity contribution in [1.29, 1.82) is 0 Å². The van der Waals surface area contributed by atoms with Gasteiger partial charge in [0.25, 0.3) is 0 Å². The molecule has 1 unspecified atom stereocenters. The standard InChI is InChI=1S/C8H10N.2CH3.Bi/c1-2-7-3-5-8(9)6-4-7;;;/h2-6H,9H2,1H3;2*1H3;. The molecule has 0 aromatic heterocycles. The molecule has 12 heavy (non-hydrogen) atoms. The summed E-state index contributed by atoms with van der Waals surface area (Å²) in [6.45, 7) is 2.34. The Balaban J connectivity index is 2.82. The van der Waals surface area contributed by atoms with Crippen molar-refractivity contribution < 1.29 is 0 Å². The summed E-state index contributed by atoms with van der Waals surface area (Å²) in [5.41, 5.74) is 7.95. The average Bonchev–Trinajstić information content (AvgIpc) is 2.04. The first-order valence-corrected chi connectivity index (χ1v) is 13.1. The number of nitrogens with two attached hydrogens (primary N) is 1. The molecule has 0 amide bonds. The molecule has 1 rings (SSSR count). The molecule has 1 aromatic rings. The summed E-state index contributed by atoms with van der Waals surface area (Å²) < 4.78 is 5.70. The molecule has 2 heteroatoms. The number of benzene rings is 1. The van der Waals surface area contributed by atoms with Gasteiger partial charge in [0, 0.05) is 0 Å². The van der Waals surface area contributed by atoms with E-state index in [1.54, 1.807) is 0 Å². The SMILES string of the molecule is C[CH](c1ccc(N)cc1)[Bi]([CH3])[CH3]. The van der Waals surface area contributed by atoms with Crippen LogP contribution in [0.1, 0.15) is 16.1 Å². The number of rotatable bonds is 2. The van der Waals surface area contributed by atoms with Crippen LogP contribution in [0.15, 0.2) is 24.3 Å². The zero-order chi connectivity index (χ0) is 9.14. The fourth-order valence-electron chi connectivity index (χ4n) is 1.07. The van der Waals surface area contributed by atoms with Gasteiger partial charge in [-0.2, -0.15) is 0 Å². The first kappa shape index (κ1) is 9.99. The molecule has 0 saturated heterocycles. The Morgan fingerprint density at radius 2 is 1.67 bits per heavy atom. The average molecular weight is 359 g/mol. The Morgan fingerprint density at radius 1 is 1.17 bits per heavy atom. The van der Waals surface area contributed by atoms with Crippen LogP contribution in [-0.4, -0.2) is 21.8 Å². The monoisotopic (exact) mass is 359 g/mol. The van der Waals surface area contributed by atoms with E-state index in [0.29, 0.717) is 0 Å². The van der Waals surface area contributed by atoms with Crippen molar-refractivity contribution in [3.8, 4) is 0 Å². The fourth-order valence-corrected chi connectivity index (χ4v) is 4.06. The predicted molar refractivity (Wildman–Crippen MR) is 56.8 cm³/mol. The number of nitrogen functional groups attached to an aromatic ring is 1. The molecule has 0 aliphatic carbocycles. The van der Waals surface area contributed by atoms with Gasteiger partial charge in [-0.05, 0) is 0 Å². The van der Waals surface area contributed by atoms with Crippen LogP contribution in [0.4, 0.5) is 5.69 Å². The van der Waals surface area contributed by atoms with Crippen molar-refractivity contribution in [1.82, 2.24) is 0 Å². The van der Waals surface area contributed by atoms with Crippen LogP contribution >= 0.6 is 0 Å². The molecular weight excluding hydrogens is 343 g/mol. The van der Waals surface area contributed by atoms with Crippen LogP contribution in [0, 0.1) is 0 Å². The van der Waals surface area contributed by atoms with E-state index >= 15 is 0 Å². The molecule has 0 aliphatic heterocycles. The Bertz CT molecular complexity index is 241. The molecule has 0 aliphatic rings. The molecule has 0 heterocycles. The van der Waals surface area contributed by atoms with Crippen molar-refractivity contribution in [3.05, 3.63) is 29.8 Å². The van der Waals surface area contributed by atoms with Gasteiger partial charge >= 0.3 is 82.8 Å². The van der Waals surface area contributed by atoms with Crippen molar-refractivity contribution in [2.75, 3.05) is 5.73 Å². The van der Waals surface area contributed by atoms with Gasteiger partial charge in [0.15, 0.2) is 0 Å². The maximum absolute atomic E-state index is 5.62. The third-order valence-electron chi connectivity index (χ3n) is 2.19. The molecule has 0 fully saturated rings. The van der Waals surface area contributed by atoms with E-state index in [-0.39, 0.29) is 0 Å². The summed E-state index contributed by atoms with van der Waals surface area (Å²) in [5.74, 6) is 0. The van der Waals surface area contributed by atoms with E-state index in [0.717, 1.165) is 9.31 Å². The minimum atomic E-state index is -1.12. The molecule has 0 radical (unpaired) electrons. The summed E-state index contributed by atoms with van der Waals surface area (Å²) in [5, 5.41) is 0. The van der Waals surface area contributed by atoms with E-state index in [2.05, 4.69) is 28.3 Å². The van der Waals surface area contributed by atoms with Crippen molar-refractivity contribution in [3.63, 3.8) is 0 Å². The first-order chi connectivity index (χ1) is 5.61. The third kappa shape index (κ3) is 2.45. The Labute approximate surface area is 82.7 Å². The number of anilines is 1. The van der Waals surface area contributed by atoms with Crippen LogP contribution in [0.25, 0.3) is 0 Å². The van der Waals surface area contributed by atoms with Gasteiger partial charge in [0.1, 0.15) is 0 Å². The summed E-state index contributed by atoms with van der Waals surface area (Å²) in [6, 6.07) is 8.32. The molecule has 1 atom stereocenters. The van der Waals surface area contributed by atoms with E-state index in [4.69, 9.17) is 5.73 Å². The number of hydrogen-bond donors (Lipinski definition) is 1. The molecule has 1 aromatic carbocycles. The van der Waals surface area contributed by atoms with E-state index in [1.807, 2.05) is 12.1 Å². The first-order valence-electron chi connectivity index (χ1n) is 4.13. The predicted octanol–water partition coefficient (Wildman–Crippen LogP) is 2.67. The summed E-state index contributed by atoms with van der Waals surface area (Å²) in [4.78, 5) is 0. The Kier molecular flexibility index (Phi) is 3.52. The summed E-state index contributed by atoms with van der Waals surface area (Å²) in [7, 11) is 0. The Hall–Kier alpha value is -0.0969. The van der Waals surface area contributed by atoms with Gasteiger partial charge < -0.3 is 0 Å². The van der Waals surface area contributed by atoms with E-state index in [1.165, 1.54) is 5.56 Å². The van der Waals surface area contributed by atoms with Crippen molar-refractivity contribution in [2.24, 2.45) is 0 Å². The Morgan fingerprint density at radius 3 is 2.08 bits per heavy atom. The molecule has 66 valence electrons. The van der Waals surface area contributed by atoms with Crippen LogP contribution in [0.2, 0.25) is 9.26 Å². The topological polar surface area (TPSA) is 26.0 Å². The molecule has 1 nitrogen and oxygen atoms in total. The van der Waals surface area contributed by atoms with Crippen LogP contribution in [-0.2, 0) is 0 Å². The van der Waals surface area contributed by atoms with E-state index < -0.39 is 21.8 Å². The van der Waals surface area contributed by atoms with E-state index in [9.17, 15) is 0 Å². The van der Waals surface area contributed by atoms with Crippen LogP contribution in [0.3, 0.4) is 0 Å². The third-order valence-corrected chi connectivity index (χ3v) is 9.37. The van der Waals surface area contributed by atoms with Crippen molar-refractivity contribution >= 4 is 27.4 Å². The molecular formula is C10H16BiN. The second-order valence-electron chi connectivity index (χ2n) is 3.31. The second-order valence-corrected chi connectivity index (χ2v) is 13.8. The zero-order valence-electron chi connectivity index (χ0n) is 7.91. The number of hydrogen-bond acceptors (Lipinski definition) is 1. The van der Waals surface area contributed by atoms with Crippen LogP contribution in [0.5, 0.6) is 0 Å². The molecule has 0 saturated carbocycles. The second kappa shape index (κ2) is 4.23. The summed E-state index contributed by atoms with van der Waals surface area (Å²) >= 11 is -1.12. The molecule has 0 spiro atoms. The van der Waals surface area contributed by atoms with Gasteiger partial charge in [-0.15, -0.1) is 0 Å². The van der Waals surface area contributed by atoms with Gasteiger partial charge in [0.2, 0.25) is 0 Å². The molecule has 0 bridgehead atoms. The van der Waals surface area contributed by atoms with Crippen molar-refractivity contribution in [2.45, 2.75) is 19.8 Å². The maximum atomic E-state index is 5.62.